The number of thiocarbonyl (C=S) groups is 1. The van der Waals surface area contributed by atoms with Gasteiger partial charge < -0.3 is 20.1 Å². The van der Waals surface area contributed by atoms with Crippen molar-refractivity contribution < 1.29 is 9.47 Å². The first kappa shape index (κ1) is 16.1. The molecule has 0 aromatic heterocycles. The summed E-state index contributed by atoms with van der Waals surface area (Å²) in [5.74, 6) is 1.42. The Labute approximate surface area is 136 Å². The van der Waals surface area contributed by atoms with Crippen molar-refractivity contribution >= 4 is 23.0 Å². The minimum absolute atomic E-state index is 0.582. The number of rotatable bonds is 5. The molecule has 0 spiro atoms. The third-order valence-electron chi connectivity index (χ3n) is 3.21. The number of aryl methyl sites for hydroxylation is 1. The van der Waals surface area contributed by atoms with Gasteiger partial charge in [-0.3, -0.25) is 0 Å². The van der Waals surface area contributed by atoms with Crippen molar-refractivity contribution in [2.45, 2.75) is 13.5 Å². The second-order valence-electron chi connectivity index (χ2n) is 4.86. The summed E-state index contributed by atoms with van der Waals surface area (Å²) in [6.45, 7) is 2.66. The summed E-state index contributed by atoms with van der Waals surface area (Å²) in [6, 6.07) is 13.9. The first-order valence-electron chi connectivity index (χ1n) is 6.95. The maximum absolute atomic E-state index is 5.30. The lowest BCUT2D eigenvalue weighted by Crippen LogP contribution is -2.27. The van der Waals surface area contributed by atoms with E-state index in [9.17, 15) is 0 Å². The Balaban J connectivity index is 1.92. The Kier molecular flexibility index (Phi) is 5.61. The fourth-order valence-corrected chi connectivity index (χ4v) is 2.18. The molecule has 2 N–H and O–H groups in total. The van der Waals surface area contributed by atoms with Gasteiger partial charge in [0.25, 0.3) is 0 Å². The van der Waals surface area contributed by atoms with E-state index in [0.717, 1.165) is 11.3 Å². The molecule has 0 radical (unpaired) electrons. The third kappa shape index (κ3) is 4.36. The standard InChI is InChI=1S/C17H20N2O2S/c1-12-4-7-14(8-5-12)19-17(22)18-11-13-6-9-15(20-2)16(10-13)21-3/h4-10H,11H2,1-3H3,(H2,18,19,22). The minimum Gasteiger partial charge on any atom is -0.493 e. The second-order valence-corrected chi connectivity index (χ2v) is 5.27. The number of hydrogen-bond donors (Lipinski definition) is 2. The Morgan fingerprint density at radius 1 is 1.00 bits per heavy atom. The van der Waals surface area contributed by atoms with Gasteiger partial charge in [0.2, 0.25) is 0 Å². The summed E-state index contributed by atoms with van der Waals surface area (Å²) in [5, 5.41) is 6.91. The van der Waals surface area contributed by atoms with E-state index in [-0.39, 0.29) is 0 Å². The second kappa shape index (κ2) is 7.66. The Morgan fingerprint density at radius 2 is 1.68 bits per heavy atom. The molecule has 0 saturated carbocycles. The molecular formula is C17H20N2O2S. The molecule has 22 heavy (non-hydrogen) atoms. The zero-order valence-electron chi connectivity index (χ0n) is 13.0. The van der Waals surface area contributed by atoms with Gasteiger partial charge in [0.05, 0.1) is 14.2 Å². The quantitative estimate of drug-likeness (QED) is 0.827. The van der Waals surface area contributed by atoms with E-state index in [1.54, 1.807) is 14.2 Å². The van der Waals surface area contributed by atoms with Gasteiger partial charge in [0.1, 0.15) is 0 Å². The molecule has 2 rings (SSSR count). The monoisotopic (exact) mass is 316 g/mol. The first-order chi connectivity index (χ1) is 10.6. The van der Waals surface area contributed by atoms with E-state index >= 15 is 0 Å². The molecule has 0 saturated heterocycles. The van der Waals surface area contributed by atoms with Gasteiger partial charge in [-0.25, -0.2) is 0 Å². The largest absolute Gasteiger partial charge is 0.493 e. The molecule has 0 bridgehead atoms. The molecule has 0 unspecified atom stereocenters. The minimum atomic E-state index is 0.582. The predicted molar refractivity (Wildman–Crippen MR) is 93.8 cm³/mol. The zero-order chi connectivity index (χ0) is 15.9. The van der Waals surface area contributed by atoms with Crippen molar-refractivity contribution in [3.05, 3.63) is 53.6 Å². The molecule has 4 nitrogen and oxygen atoms in total. The molecule has 116 valence electrons. The van der Waals surface area contributed by atoms with Gasteiger partial charge in [-0.05, 0) is 49.0 Å². The van der Waals surface area contributed by atoms with Crippen molar-refractivity contribution in [2.24, 2.45) is 0 Å². The number of hydrogen-bond acceptors (Lipinski definition) is 3. The van der Waals surface area contributed by atoms with Crippen LogP contribution in [0, 0.1) is 6.92 Å². The van der Waals surface area contributed by atoms with E-state index in [1.165, 1.54) is 5.56 Å². The Morgan fingerprint density at radius 3 is 2.32 bits per heavy atom. The van der Waals surface area contributed by atoms with Crippen LogP contribution in [0.4, 0.5) is 5.69 Å². The van der Waals surface area contributed by atoms with Crippen LogP contribution in [0.1, 0.15) is 11.1 Å². The Bertz CT molecular complexity index is 642. The highest BCUT2D eigenvalue weighted by Gasteiger charge is 2.05. The van der Waals surface area contributed by atoms with Crippen molar-refractivity contribution in [2.75, 3.05) is 19.5 Å². The first-order valence-corrected chi connectivity index (χ1v) is 7.35. The normalized spacial score (nSPS) is 9.95. The number of benzene rings is 2. The van der Waals surface area contributed by atoms with Crippen LogP contribution in [0.5, 0.6) is 11.5 Å². The highest BCUT2D eigenvalue weighted by molar-refractivity contribution is 7.80. The van der Waals surface area contributed by atoms with Crippen LogP contribution in [-0.2, 0) is 6.54 Å². The lowest BCUT2D eigenvalue weighted by molar-refractivity contribution is 0.354. The highest BCUT2D eigenvalue weighted by atomic mass is 32.1. The fraction of sp³-hybridized carbons (Fsp3) is 0.235. The summed E-state index contributed by atoms with van der Waals surface area (Å²) >= 11 is 5.30. The third-order valence-corrected chi connectivity index (χ3v) is 3.46. The van der Waals surface area contributed by atoms with Crippen molar-refractivity contribution in [3.63, 3.8) is 0 Å². The van der Waals surface area contributed by atoms with Gasteiger partial charge >= 0.3 is 0 Å². The average molecular weight is 316 g/mol. The number of anilines is 1. The van der Waals surface area contributed by atoms with E-state index < -0.39 is 0 Å². The molecule has 0 heterocycles. The van der Waals surface area contributed by atoms with Crippen molar-refractivity contribution in [3.8, 4) is 11.5 Å². The zero-order valence-corrected chi connectivity index (χ0v) is 13.8. The van der Waals surface area contributed by atoms with Crippen LogP contribution in [0.3, 0.4) is 0 Å². The van der Waals surface area contributed by atoms with Gasteiger partial charge in [-0.2, -0.15) is 0 Å². The molecule has 0 aliphatic carbocycles. The molecular weight excluding hydrogens is 296 g/mol. The van der Waals surface area contributed by atoms with Crippen LogP contribution in [0.2, 0.25) is 0 Å². The van der Waals surface area contributed by atoms with Crippen molar-refractivity contribution in [1.29, 1.82) is 0 Å². The van der Waals surface area contributed by atoms with Crippen molar-refractivity contribution in [1.82, 2.24) is 5.32 Å². The number of ether oxygens (including phenoxy) is 2. The van der Waals surface area contributed by atoms with E-state index in [1.807, 2.05) is 42.5 Å². The van der Waals surface area contributed by atoms with E-state index in [0.29, 0.717) is 23.2 Å². The molecule has 0 amide bonds. The topological polar surface area (TPSA) is 42.5 Å². The SMILES string of the molecule is COc1ccc(CNC(=S)Nc2ccc(C)cc2)cc1OC. The van der Waals surface area contributed by atoms with Gasteiger partial charge in [0.15, 0.2) is 16.6 Å². The molecule has 0 aliphatic rings. The lowest BCUT2D eigenvalue weighted by atomic mass is 10.2. The van der Waals surface area contributed by atoms with E-state index in [2.05, 4.69) is 17.6 Å². The van der Waals surface area contributed by atoms with Gasteiger partial charge in [-0.15, -0.1) is 0 Å². The fourth-order valence-electron chi connectivity index (χ4n) is 1.99. The van der Waals surface area contributed by atoms with Crippen LogP contribution < -0.4 is 20.1 Å². The van der Waals surface area contributed by atoms with Crippen LogP contribution >= 0.6 is 12.2 Å². The maximum atomic E-state index is 5.30. The average Bonchev–Trinajstić information content (AvgIpc) is 2.54. The van der Waals surface area contributed by atoms with Crippen LogP contribution in [0.15, 0.2) is 42.5 Å². The molecule has 5 heteroatoms. The molecule has 0 atom stereocenters. The highest BCUT2D eigenvalue weighted by Crippen LogP contribution is 2.27. The summed E-state index contributed by atoms with van der Waals surface area (Å²) in [7, 11) is 3.25. The van der Waals surface area contributed by atoms with Gasteiger partial charge in [-0.1, -0.05) is 23.8 Å². The summed E-state index contributed by atoms with van der Waals surface area (Å²) in [5.41, 5.74) is 3.25. The summed E-state index contributed by atoms with van der Waals surface area (Å²) < 4.78 is 10.5. The van der Waals surface area contributed by atoms with Crippen LogP contribution in [0.25, 0.3) is 0 Å². The predicted octanol–water partition coefficient (Wildman–Crippen LogP) is 3.50. The molecule has 2 aromatic rings. The number of methoxy groups -OCH3 is 2. The maximum Gasteiger partial charge on any atom is 0.171 e. The van der Waals surface area contributed by atoms with Gasteiger partial charge in [0, 0.05) is 12.2 Å². The molecule has 0 fully saturated rings. The Hall–Kier alpha value is -2.27. The van der Waals surface area contributed by atoms with E-state index in [4.69, 9.17) is 21.7 Å². The lowest BCUT2D eigenvalue weighted by Gasteiger charge is -2.12. The summed E-state index contributed by atoms with van der Waals surface area (Å²) in [4.78, 5) is 0. The molecule has 0 aliphatic heterocycles. The smallest absolute Gasteiger partial charge is 0.171 e. The number of nitrogens with one attached hydrogen (secondary N) is 2. The summed E-state index contributed by atoms with van der Waals surface area (Å²) in [6.07, 6.45) is 0. The molecule has 2 aromatic carbocycles. The van der Waals surface area contributed by atoms with Crippen LogP contribution in [-0.4, -0.2) is 19.3 Å².